The van der Waals surface area contributed by atoms with Crippen LogP contribution < -0.4 is 15.0 Å². The summed E-state index contributed by atoms with van der Waals surface area (Å²) < 4.78 is 27.2. The maximum absolute atomic E-state index is 13.6. The van der Waals surface area contributed by atoms with Crippen LogP contribution in [0.2, 0.25) is 0 Å². The Labute approximate surface area is 222 Å². The Morgan fingerprint density at radius 1 is 1.11 bits per heavy atom. The van der Waals surface area contributed by atoms with Gasteiger partial charge in [0, 0.05) is 16.0 Å². The van der Waals surface area contributed by atoms with Gasteiger partial charge in [0.2, 0.25) is 0 Å². The largest absolute Gasteiger partial charge is 0.493 e. The van der Waals surface area contributed by atoms with E-state index < -0.39 is 0 Å². The molecule has 5 rings (SSSR count). The molecule has 0 radical (unpaired) electrons. The van der Waals surface area contributed by atoms with Gasteiger partial charge in [0.05, 0.1) is 24.2 Å². The van der Waals surface area contributed by atoms with E-state index >= 15 is 0 Å². The summed E-state index contributed by atoms with van der Waals surface area (Å²) in [6, 6.07) is 17.2. The molecule has 1 fully saturated rings. The molecule has 1 heterocycles. The number of hydrogen-bond acceptors (Lipinski definition) is 5. The Morgan fingerprint density at radius 3 is 2.65 bits per heavy atom. The highest BCUT2D eigenvalue weighted by molar-refractivity contribution is 9.10. The van der Waals surface area contributed by atoms with Crippen LogP contribution in [-0.2, 0) is 6.61 Å². The molecule has 0 atom stereocenters. The zero-order valence-electron chi connectivity index (χ0n) is 20.5. The lowest BCUT2D eigenvalue weighted by Crippen LogP contribution is -2.25. The molecule has 190 valence electrons. The summed E-state index contributed by atoms with van der Waals surface area (Å²) >= 11 is 3.46. The maximum Gasteiger partial charge on any atom is 0.282 e. The summed E-state index contributed by atoms with van der Waals surface area (Å²) in [7, 11) is 1.57. The van der Waals surface area contributed by atoms with Crippen molar-refractivity contribution in [1.82, 2.24) is 9.66 Å². The van der Waals surface area contributed by atoms with Gasteiger partial charge in [0.1, 0.15) is 18.2 Å². The number of hydrogen-bond donors (Lipinski definition) is 0. The van der Waals surface area contributed by atoms with Crippen molar-refractivity contribution in [1.29, 1.82) is 0 Å². The monoisotopic (exact) mass is 563 g/mol. The molecule has 1 aliphatic carbocycles. The molecule has 1 aromatic heterocycles. The first kappa shape index (κ1) is 25.1. The van der Waals surface area contributed by atoms with Crippen LogP contribution in [0.25, 0.3) is 10.9 Å². The highest BCUT2D eigenvalue weighted by Crippen LogP contribution is 2.33. The smallest absolute Gasteiger partial charge is 0.282 e. The van der Waals surface area contributed by atoms with Crippen LogP contribution in [0.5, 0.6) is 11.5 Å². The van der Waals surface area contributed by atoms with E-state index in [2.05, 4.69) is 21.0 Å². The number of rotatable bonds is 7. The molecule has 0 bridgehead atoms. The van der Waals surface area contributed by atoms with Gasteiger partial charge in [-0.3, -0.25) is 4.79 Å². The van der Waals surface area contributed by atoms with Gasteiger partial charge in [-0.15, -0.1) is 0 Å². The third-order valence-corrected chi connectivity index (χ3v) is 7.13. The van der Waals surface area contributed by atoms with Crippen molar-refractivity contribution in [3.63, 3.8) is 0 Å². The van der Waals surface area contributed by atoms with Gasteiger partial charge in [-0.2, -0.15) is 9.78 Å². The van der Waals surface area contributed by atoms with Crippen molar-refractivity contribution in [3.8, 4) is 11.5 Å². The normalized spacial score (nSPS) is 14.4. The number of aromatic nitrogens is 2. The van der Waals surface area contributed by atoms with Crippen molar-refractivity contribution < 1.29 is 13.9 Å². The average Bonchev–Trinajstić information content (AvgIpc) is 2.93. The predicted octanol–water partition coefficient (Wildman–Crippen LogP) is 6.82. The zero-order valence-corrected chi connectivity index (χ0v) is 22.1. The lowest BCUT2D eigenvalue weighted by molar-refractivity contribution is 0.284. The molecule has 0 amide bonds. The van der Waals surface area contributed by atoms with Gasteiger partial charge < -0.3 is 9.47 Å². The second-order valence-electron chi connectivity index (χ2n) is 9.12. The van der Waals surface area contributed by atoms with Gasteiger partial charge in [-0.05, 0) is 60.9 Å². The number of ether oxygens (including phenoxy) is 2. The average molecular weight is 564 g/mol. The summed E-state index contributed by atoms with van der Waals surface area (Å²) in [5.41, 5.74) is 1.93. The number of fused-ring (bicyclic) bond motifs is 1. The number of para-hydroxylation sites is 1. The van der Waals surface area contributed by atoms with E-state index in [-0.39, 0.29) is 23.9 Å². The van der Waals surface area contributed by atoms with Crippen LogP contribution in [0.4, 0.5) is 4.39 Å². The Kier molecular flexibility index (Phi) is 7.65. The number of nitrogens with zero attached hydrogens (tertiary/aromatic N) is 3. The molecule has 1 saturated carbocycles. The molecule has 6 nitrogen and oxygen atoms in total. The number of benzene rings is 3. The number of methoxy groups -OCH3 is 1. The molecule has 3 aromatic carbocycles. The fourth-order valence-electron chi connectivity index (χ4n) is 4.71. The molecule has 0 N–H and O–H groups in total. The quantitative estimate of drug-likeness (QED) is 0.231. The summed E-state index contributed by atoms with van der Waals surface area (Å²) in [5.74, 6) is 1.58. The molecule has 4 aromatic rings. The summed E-state index contributed by atoms with van der Waals surface area (Å²) in [6.07, 6.45) is 7.00. The standard InChI is InChI=1S/C29H27BrFN3O3/c1-36-26-9-5-8-21(27(26)37-18-19-10-13-23(31)14-11-19)17-32-34-28(20-6-3-2-4-7-20)33-25-15-12-22(30)16-24(25)29(34)35/h5,8-17,20H,2-4,6-7,18H2,1H3. The fraction of sp³-hybridized carbons (Fsp3) is 0.276. The lowest BCUT2D eigenvalue weighted by Gasteiger charge is -2.22. The third kappa shape index (κ3) is 5.59. The topological polar surface area (TPSA) is 65.7 Å². The Morgan fingerprint density at radius 2 is 1.89 bits per heavy atom. The minimum Gasteiger partial charge on any atom is -0.493 e. The highest BCUT2D eigenvalue weighted by Gasteiger charge is 2.22. The summed E-state index contributed by atoms with van der Waals surface area (Å²) in [5, 5.41) is 5.15. The lowest BCUT2D eigenvalue weighted by atomic mass is 9.88. The summed E-state index contributed by atoms with van der Waals surface area (Å²) in [4.78, 5) is 18.5. The van der Waals surface area contributed by atoms with E-state index in [1.54, 1.807) is 37.6 Å². The minimum absolute atomic E-state index is 0.172. The minimum atomic E-state index is -0.302. The van der Waals surface area contributed by atoms with Crippen LogP contribution in [0.3, 0.4) is 0 Å². The van der Waals surface area contributed by atoms with E-state index in [0.29, 0.717) is 33.8 Å². The molecule has 0 aliphatic heterocycles. The van der Waals surface area contributed by atoms with Gasteiger partial charge in [0.15, 0.2) is 11.5 Å². The van der Waals surface area contributed by atoms with Gasteiger partial charge in [-0.1, -0.05) is 53.4 Å². The van der Waals surface area contributed by atoms with Gasteiger partial charge in [0.25, 0.3) is 5.56 Å². The van der Waals surface area contributed by atoms with E-state index in [9.17, 15) is 9.18 Å². The van der Waals surface area contributed by atoms with E-state index in [1.165, 1.54) is 23.2 Å². The van der Waals surface area contributed by atoms with E-state index in [1.807, 2.05) is 24.3 Å². The first-order valence-electron chi connectivity index (χ1n) is 12.3. The maximum atomic E-state index is 13.6. The van der Waals surface area contributed by atoms with Crippen LogP contribution in [0, 0.1) is 5.82 Å². The molecular formula is C29H27BrFN3O3. The molecule has 0 spiro atoms. The van der Waals surface area contributed by atoms with Crippen molar-refractivity contribution in [2.24, 2.45) is 5.10 Å². The third-order valence-electron chi connectivity index (χ3n) is 6.64. The van der Waals surface area contributed by atoms with Crippen LogP contribution >= 0.6 is 15.9 Å². The molecule has 8 heteroatoms. The fourth-order valence-corrected chi connectivity index (χ4v) is 5.07. The van der Waals surface area contributed by atoms with Crippen molar-refractivity contribution in [3.05, 3.63) is 98.3 Å². The second-order valence-corrected chi connectivity index (χ2v) is 10.0. The Bertz CT molecular complexity index is 1500. The first-order chi connectivity index (χ1) is 18.0. The number of halogens is 2. The molecule has 37 heavy (non-hydrogen) atoms. The van der Waals surface area contributed by atoms with Crippen molar-refractivity contribution in [2.45, 2.75) is 44.6 Å². The second kappa shape index (κ2) is 11.3. The van der Waals surface area contributed by atoms with Gasteiger partial charge in [-0.25, -0.2) is 9.37 Å². The Hall–Kier alpha value is -3.52. The van der Waals surface area contributed by atoms with Crippen LogP contribution in [-0.4, -0.2) is 23.0 Å². The van der Waals surface area contributed by atoms with Crippen molar-refractivity contribution in [2.75, 3.05) is 7.11 Å². The van der Waals surface area contributed by atoms with E-state index in [4.69, 9.17) is 14.5 Å². The molecule has 1 aliphatic rings. The highest BCUT2D eigenvalue weighted by atomic mass is 79.9. The van der Waals surface area contributed by atoms with E-state index in [0.717, 1.165) is 35.7 Å². The first-order valence-corrected chi connectivity index (χ1v) is 13.1. The zero-order chi connectivity index (χ0) is 25.8. The van der Waals surface area contributed by atoms with Gasteiger partial charge >= 0.3 is 0 Å². The Balaban J connectivity index is 1.55. The van der Waals surface area contributed by atoms with Crippen LogP contribution in [0.15, 0.2) is 75.0 Å². The van der Waals surface area contributed by atoms with Crippen molar-refractivity contribution >= 4 is 33.0 Å². The predicted molar refractivity (Wildman–Crippen MR) is 146 cm³/mol. The molecule has 0 saturated heterocycles. The SMILES string of the molecule is COc1cccc(C=Nn2c(C3CCCCC3)nc3ccc(Br)cc3c2=O)c1OCc1ccc(F)cc1. The van der Waals surface area contributed by atoms with Crippen LogP contribution in [0.1, 0.15) is 55.0 Å². The summed E-state index contributed by atoms with van der Waals surface area (Å²) in [6.45, 7) is 0.223. The molecular weight excluding hydrogens is 537 g/mol. The molecule has 0 unspecified atom stereocenters.